The second kappa shape index (κ2) is 10.7. The molecule has 2 atom stereocenters. The minimum absolute atomic E-state index is 0.0353. The van der Waals surface area contributed by atoms with Crippen LogP contribution in [-0.4, -0.2) is 43.3 Å². The van der Waals surface area contributed by atoms with Crippen LogP contribution in [0.1, 0.15) is 49.7 Å². The number of carbonyl (C=O) groups is 1. The van der Waals surface area contributed by atoms with Crippen LogP contribution in [-0.2, 0) is 11.2 Å². The van der Waals surface area contributed by atoms with Crippen molar-refractivity contribution in [1.29, 1.82) is 0 Å². The van der Waals surface area contributed by atoms with Gasteiger partial charge in [-0.3, -0.25) is 4.79 Å². The first-order valence-electron chi connectivity index (χ1n) is 11.0. The van der Waals surface area contributed by atoms with Crippen molar-refractivity contribution in [2.75, 3.05) is 20.3 Å². The van der Waals surface area contributed by atoms with E-state index in [9.17, 15) is 18.0 Å². The number of hydrogen-bond acceptors (Lipinski definition) is 3. The molecule has 174 valence electrons. The van der Waals surface area contributed by atoms with Crippen molar-refractivity contribution in [3.63, 3.8) is 0 Å². The van der Waals surface area contributed by atoms with Crippen molar-refractivity contribution in [3.8, 4) is 11.5 Å². The van der Waals surface area contributed by atoms with Crippen molar-refractivity contribution in [3.05, 3.63) is 59.7 Å². The Bertz CT molecular complexity index is 886. The van der Waals surface area contributed by atoms with Gasteiger partial charge in [0.05, 0.1) is 7.11 Å². The van der Waals surface area contributed by atoms with E-state index in [1.807, 2.05) is 23.1 Å². The Morgan fingerprint density at radius 1 is 1.16 bits per heavy atom. The zero-order valence-corrected chi connectivity index (χ0v) is 18.5. The van der Waals surface area contributed by atoms with Crippen molar-refractivity contribution in [2.45, 2.75) is 57.2 Å². The van der Waals surface area contributed by atoms with Gasteiger partial charge in [-0.1, -0.05) is 43.3 Å². The Labute approximate surface area is 187 Å². The summed E-state index contributed by atoms with van der Waals surface area (Å²) < 4.78 is 47.3. The summed E-state index contributed by atoms with van der Waals surface area (Å²) >= 11 is 0. The molecule has 0 aliphatic carbocycles. The molecule has 0 aromatic heterocycles. The standard InChI is InChI=1S/C25H30F3NO3/c1-3-20(19-8-5-4-6-9-19)21-10-7-15-29(21)24(30)14-12-18-11-13-22(23(16-18)31-2)32-17-25(26,27)28/h4-6,8-9,11,13,16,20-21H,3,7,10,12,14-15,17H2,1-2H3/t20-,21+/m0/s1. The number of amides is 1. The Morgan fingerprint density at radius 3 is 2.56 bits per heavy atom. The number of methoxy groups -OCH3 is 1. The zero-order valence-electron chi connectivity index (χ0n) is 18.5. The molecule has 2 aromatic rings. The van der Waals surface area contributed by atoms with Crippen LogP contribution in [0.25, 0.3) is 0 Å². The van der Waals surface area contributed by atoms with Crippen LogP contribution in [0.4, 0.5) is 13.2 Å². The third-order valence-electron chi connectivity index (χ3n) is 6.00. The quantitative estimate of drug-likeness (QED) is 0.489. The highest BCUT2D eigenvalue weighted by atomic mass is 19.4. The predicted molar refractivity (Wildman–Crippen MR) is 117 cm³/mol. The lowest BCUT2D eigenvalue weighted by molar-refractivity contribution is -0.153. The maximum absolute atomic E-state index is 13.1. The highest BCUT2D eigenvalue weighted by Gasteiger charge is 2.34. The average Bonchev–Trinajstić information content (AvgIpc) is 3.26. The van der Waals surface area contributed by atoms with E-state index in [-0.39, 0.29) is 23.4 Å². The summed E-state index contributed by atoms with van der Waals surface area (Å²) in [5, 5.41) is 0. The molecule has 1 aliphatic rings. The Balaban J connectivity index is 1.63. The summed E-state index contributed by atoms with van der Waals surface area (Å²) in [6, 6.07) is 15.3. The highest BCUT2D eigenvalue weighted by molar-refractivity contribution is 5.77. The van der Waals surface area contributed by atoms with E-state index in [1.165, 1.54) is 18.7 Å². The van der Waals surface area contributed by atoms with Gasteiger partial charge < -0.3 is 14.4 Å². The van der Waals surface area contributed by atoms with Crippen LogP contribution in [0.5, 0.6) is 11.5 Å². The van der Waals surface area contributed by atoms with Gasteiger partial charge in [0.2, 0.25) is 5.91 Å². The number of nitrogens with zero attached hydrogens (tertiary/aromatic N) is 1. The summed E-state index contributed by atoms with van der Waals surface area (Å²) in [5.41, 5.74) is 2.08. The molecule has 0 radical (unpaired) electrons. The normalized spacial score (nSPS) is 17.3. The SMILES string of the molecule is CC[C@@H](c1ccccc1)[C@H]1CCCN1C(=O)CCc1ccc(OCC(F)(F)F)c(OC)c1. The number of ether oxygens (including phenoxy) is 2. The Kier molecular flexibility index (Phi) is 8.04. The Morgan fingerprint density at radius 2 is 1.91 bits per heavy atom. The van der Waals surface area contributed by atoms with Gasteiger partial charge >= 0.3 is 6.18 Å². The molecule has 3 rings (SSSR count). The fourth-order valence-electron chi connectivity index (χ4n) is 4.49. The van der Waals surface area contributed by atoms with Gasteiger partial charge in [-0.05, 0) is 48.9 Å². The molecule has 2 aromatic carbocycles. The van der Waals surface area contributed by atoms with Crippen molar-refractivity contribution in [1.82, 2.24) is 4.90 Å². The van der Waals surface area contributed by atoms with Crippen LogP contribution in [0.3, 0.4) is 0 Å². The maximum Gasteiger partial charge on any atom is 0.422 e. The number of alkyl halides is 3. The molecule has 32 heavy (non-hydrogen) atoms. The number of aryl methyl sites for hydroxylation is 1. The van der Waals surface area contributed by atoms with E-state index in [0.717, 1.165) is 31.4 Å². The number of rotatable bonds is 9. The molecule has 7 heteroatoms. The highest BCUT2D eigenvalue weighted by Crippen LogP contribution is 2.34. The molecular weight excluding hydrogens is 419 g/mol. The average molecular weight is 450 g/mol. The van der Waals surface area contributed by atoms with E-state index >= 15 is 0 Å². The smallest absolute Gasteiger partial charge is 0.422 e. The largest absolute Gasteiger partial charge is 0.493 e. The summed E-state index contributed by atoms with van der Waals surface area (Å²) in [6.45, 7) is 1.55. The molecule has 1 saturated heterocycles. The van der Waals surface area contributed by atoms with Gasteiger partial charge in [0.25, 0.3) is 0 Å². The third-order valence-corrected chi connectivity index (χ3v) is 6.00. The van der Waals surface area contributed by atoms with Gasteiger partial charge in [-0.15, -0.1) is 0 Å². The van der Waals surface area contributed by atoms with E-state index < -0.39 is 12.8 Å². The lowest BCUT2D eigenvalue weighted by Gasteiger charge is -2.32. The van der Waals surface area contributed by atoms with Gasteiger partial charge in [0.15, 0.2) is 18.1 Å². The molecule has 4 nitrogen and oxygen atoms in total. The molecule has 0 saturated carbocycles. The third kappa shape index (κ3) is 6.17. The maximum atomic E-state index is 13.1. The minimum Gasteiger partial charge on any atom is -0.493 e. The summed E-state index contributed by atoms with van der Waals surface area (Å²) in [4.78, 5) is 15.1. The van der Waals surface area contributed by atoms with Crippen LogP contribution in [0, 0.1) is 0 Å². The van der Waals surface area contributed by atoms with E-state index in [4.69, 9.17) is 9.47 Å². The lowest BCUT2D eigenvalue weighted by atomic mass is 9.87. The molecular formula is C25H30F3NO3. The van der Waals surface area contributed by atoms with E-state index in [0.29, 0.717) is 18.8 Å². The predicted octanol–water partition coefficient (Wildman–Crippen LogP) is 5.75. The first kappa shape index (κ1) is 24.0. The number of likely N-dealkylation sites (tertiary alicyclic amines) is 1. The number of halogens is 3. The first-order valence-corrected chi connectivity index (χ1v) is 11.0. The molecule has 0 unspecified atom stereocenters. The number of carbonyl (C=O) groups excluding carboxylic acids is 1. The minimum atomic E-state index is -4.42. The summed E-state index contributed by atoms with van der Waals surface area (Å²) in [7, 11) is 1.38. The monoisotopic (exact) mass is 449 g/mol. The molecule has 0 bridgehead atoms. The van der Waals surface area contributed by atoms with Gasteiger partial charge in [-0.2, -0.15) is 13.2 Å². The van der Waals surface area contributed by atoms with Crippen LogP contribution < -0.4 is 9.47 Å². The summed E-state index contributed by atoms with van der Waals surface area (Å²) in [5.74, 6) is 0.688. The fourth-order valence-corrected chi connectivity index (χ4v) is 4.49. The number of hydrogen-bond donors (Lipinski definition) is 0. The van der Waals surface area contributed by atoms with Crippen molar-refractivity contribution >= 4 is 5.91 Å². The van der Waals surface area contributed by atoms with Crippen LogP contribution in [0.15, 0.2) is 48.5 Å². The van der Waals surface area contributed by atoms with E-state index in [2.05, 4.69) is 19.1 Å². The van der Waals surface area contributed by atoms with Crippen LogP contribution in [0.2, 0.25) is 0 Å². The molecule has 1 amide bonds. The first-order chi connectivity index (χ1) is 15.3. The van der Waals surface area contributed by atoms with Gasteiger partial charge in [0.1, 0.15) is 0 Å². The molecule has 0 N–H and O–H groups in total. The number of benzene rings is 2. The fraction of sp³-hybridized carbons (Fsp3) is 0.480. The molecule has 1 fully saturated rings. The van der Waals surface area contributed by atoms with Crippen LogP contribution >= 0.6 is 0 Å². The second-order valence-electron chi connectivity index (χ2n) is 8.11. The van der Waals surface area contributed by atoms with E-state index in [1.54, 1.807) is 12.1 Å². The van der Waals surface area contributed by atoms with Gasteiger partial charge in [-0.25, -0.2) is 0 Å². The van der Waals surface area contributed by atoms with Gasteiger partial charge in [0, 0.05) is 24.9 Å². The zero-order chi connectivity index (χ0) is 23.1. The lowest BCUT2D eigenvalue weighted by Crippen LogP contribution is -2.39. The second-order valence-corrected chi connectivity index (χ2v) is 8.11. The molecule has 1 aliphatic heterocycles. The topological polar surface area (TPSA) is 38.8 Å². The Hall–Kier alpha value is -2.70. The molecule has 1 heterocycles. The molecule has 0 spiro atoms. The summed E-state index contributed by atoms with van der Waals surface area (Å²) in [6.07, 6.45) is -0.627. The van der Waals surface area contributed by atoms with Crippen molar-refractivity contribution in [2.24, 2.45) is 0 Å². The van der Waals surface area contributed by atoms with Crippen molar-refractivity contribution < 1.29 is 27.4 Å².